The minimum absolute atomic E-state index is 0.0639. The van der Waals surface area contributed by atoms with E-state index in [1.165, 1.54) is 19.8 Å². The van der Waals surface area contributed by atoms with E-state index in [4.69, 9.17) is 4.74 Å². The highest BCUT2D eigenvalue weighted by Crippen LogP contribution is 2.45. The van der Waals surface area contributed by atoms with Crippen molar-refractivity contribution in [2.24, 2.45) is 11.3 Å². The number of carbonyl (C=O) groups excluding carboxylic acids is 2. The Kier molecular flexibility index (Phi) is 5.58. The molecule has 0 spiro atoms. The van der Waals surface area contributed by atoms with E-state index < -0.39 is 0 Å². The topological polar surface area (TPSA) is 52.6 Å². The van der Waals surface area contributed by atoms with Crippen LogP contribution in [0.5, 0.6) is 0 Å². The van der Waals surface area contributed by atoms with Crippen molar-refractivity contribution in [3.8, 4) is 0 Å². The van der Waals surface area contributed by atoms with Gasteiger partial charge in [-0.15, -0.1) is 0 Å². The highest BCUT2D eigenvalue weighted by molar-refractivity contribution is 5.72. The lowest BCUT2D eigenvalue weighted by atomic mass is 9.65. The first-order chi connectivity index (χ1) is 8.90. The van der Waals surface area contributed by atoms with Gasteiger partial charge in [0.25, 0.3) is 0 Å². The summed E-state index contributed by atoms with van der Waals surface area (Å²) in [5.74, 6) is -0.282. The Hall–Kier alpha value is -1.32. The summed E-state index contributed by atoms with van der Waals surface area (Å²) in [5.41, 5.74) is 1.25. The minimum Gasteiger partial charge on any atom is -0.469 e. The van der Waals surface area contributed by atoms with Crippen LogP contribution in [0.1, 0.15) is 46.0 Å². The molecule has 1 rings (SSSR count). The van der Waals surface area contributed by atoms with Gasteiger partial charge in [0.2, 0.25) is 0 Å². The van der Waals surface area contributed by atoms with Crippen LogP contribution in [0.15, 0.2) is 11.6 Å². The molecule has 1 saturated carbocycles. The van der Waals surface area contributed by atoms with E-state index in [9.17, 15) is 9.59 Å². The van der Waals surface area contributed by atoms with Crippen LogP contribution in [0.4, 0.5) is 0 Å². The van der Waals surface area contributed by atoms with Crippen molar-refractivity contribution >= 4 is 11.9 Å². The third-order valence-electron chi connectivity index (χ3n) is 4.03. The summed E-state index contributed by atoms with van der Waals surface area (Å²) in [6, 6.07) is 0. The molecular formula is C15H24O4. The monoisotopic (exact) mass is 268 g/mol. The molecule has 0 aromatic rings. The molecule has 1 atom stereocenters. The van der Waals surface area contributed by atoms with Gasteiger partial charge >= 0.3 is 11.9 Å². The lowest BCUT2D eigenvalue weighted by Crippen LogP contribution is -2.32. The Balaban J connectivity index is 2.85. The second-order valence-electron chi connectivity index (χ2n) is 5.73. The highest BCUT2D eigenvalue weighted by Gasteiger charge is 2.36. The van der Waals surface area contributed by atoms with E-state index in [-0.39, 0.29) is 29.7 Å². The van der Waals surface area contributed by atoms with Gasteiger partial charge in [0.1, 0.15) is 0 Å². The molecule has 4 heteroatoms. The molecule has 0 aromatic carbocycles. The average molecular weight is 268 g/mol. The van der Waals surface area contributed by atoms with Gasteiger partial charge in [0, 0.05) is 0 Å². The molecule has 0 N–H and O–H groups in total. The fourth-order valence-corrected chi connectivity index (χ4v) is 2.80. The zero-order chi connectivity index (χ0) is 14.5. The van der Waals surface area contributed by atoms with E-state index in [2.05, 4.69) is 18.6 Å². The number of methoxy groups -OCH3 is 2. The van der Waals surface area contributed by atoms with E-state index in [0.29, 0.717) is 6.42 Å². The van der Waals surface area contributed by atoms with Crippen molar-refractivity contribution in [2.45, 2.75) is 46.0 Å². The summed E-state index contributed by atoms with van der Waals surface area (Å²) in [7, 11) is 2.80. The van der Waals surface area contributed by atoms with Crippen LogP contribution < -0.4 is 0 Å². The van der Waals surface area contributed by atoms with Gasteiger partial charge in [-0.25, -0.2) is 0 Å². The standard InChI is InChI=1S/C15H24O4/c1-15(2)9-5-6-11(7-8-13(16)18-3)12(15)10-14(17)19-4/h7,12H,5-6,8-10H2,1-4H3/b11-7+. The number of rotatable bonds is 4. The molecule has 1 aliphatic rings. The first-order valence-electron chi connectivity index (χ1n) is 6.73. The largest absolute Gasteiger partial charge is 0.469 e. The predicted molar refractivity (Wildman–Crippen MR) is 72.5 cm³/mol. The van der Waals surface area contributed by atoms with Gasteiger partial charge in [-0.05, 0) is 30.6 Å². The number of allylic oxidation sites excluding steroid dienone is 1. The number of carbonyl (C=O) groups is 2. The average Bonchev–Trinajstić information content (AvgIpc) is 2.38. The Labute approximate surface area is 115 Å². The molecule has 108 valence electrons. The van der Waals surface area contributed by atoms with E-state index >= 15 is 0 Å². The maximum atomic E-state index is 11.6. The molecule has 0 amide bonds. The van der Waals surface area contributed by atoms with Crippen molar-refractivity contribution < 1.29 is 19.1 Å². The van der Waals surface area contributed by atoms with Crippen molar-refractivity contribution in [1.82, 2.24) is 0 Å². The van der Waals surface area contributed by atoms with Crippen molar-refractivity contribution in [2.75, 3.05) is 14.2 Å². The van der Waals surface area contributed by atoms with Crippen LogP contribution in [0.2, 0.25) is 0 Å². The maximum absolute atomic E-state index is 11.6. The summed E-state index contributed by atoms with van der Waals surface area (Å²) in [6.45, 7) is 4.34. The first-order valence-corrected chi connectivity index (χ1v) is 6.73. The molecule has 0 bridgehead atoms. The SMILES string of the molecule is COC(=O)C/C=C1\CCCC(C)(C)C1CC(=O)OC. The zero-order valence-corrected chi connectivity index (χ0v) is 12.3. The molecule has 0 heterocycles. The molecular weight excluding hydrogens is 244 g/mol. The Morgan fingerprint density at radius 1 is 1.26 bits per heavy atom. The van der Waals surface area contributed by atoms with Gasteiger partial charge in [-0.3, -0.25) is 9.59 Å². The molecule has 0 saturated heterocycles. The van der Waals surface area contributed by atoms with Crippen molar-refractivity contribution in [3.63, 3.8) is 0 Å². The lowest BCUT2D eigenvalue weighted by Gasteiger charge is -2.40. The quantitative estimate of drug-likeness (QED) is 0.581. The highest BCUT2D eigenvalue weighted by atomic mass is 16.5. The molecule has 1 fully saturated rings. The predicted octanol–water partition coefficient (Wildman–Crippen LogP) is 2.87. The van der Waals surface area contributed by atoms with Crippen LogP contribution in [0.25, 0.3) is 0 Å². The molecule has 19 heavy (non-hydrogen) atoms. The summed E-state index contributed by atoms with van der Waals surface area (Å²) in [6.07, 6.45) is 5.72. The Morgan fingerprint density at radius 2 is 1.89 bits per heavy atom. The van der Waals surface area contributed by atoms with E-state index in [1.54, 1.807) is 0 Å². The van der Waals surface area contributed by atoms with Gasteiger partial charge in [0.15, 0.2) is 0 Å². The first kappa shape index (κ1) is 15.7. The second kappa shape index (κ2) is 6.73. The molecule has 1 unspecified atom stereocenters. The van der Waals surface area contributed by atoms with Crippen LogP contribution >= 0.6 is 0 Å². The molecule has 1 aliphatic carbocycles. The summed E-state index contributed by atoms with van der Waals surface area (Å²) < 4.78 is 9.44. The normalized spacial score (nSPS) is 24.0. The fourth-order valence-electron chi connectivity index (χ4n) is 2.80. The number of hydrogen-bond donors (Lipinski definition) is 0. The Bertz CT molecular complexity index is 368. The molecule has 0 radical (unpaired) electrons. The smallest absolute Gasteiger partial charge is 0.309 e. The number of hydrogen-bond acceptors (Lipinski definition) is 4. The summed E-state index contributed by atoms with van der Waals surface area (Å²) >= 11 is 0. The Morgan fingerprint density at radius 3 is 2.47 bits per heavy atom. The zero-order valence-electron chi connectivity index (χ0n) is 12.3. The fraction of sp³-hybridized carbons (Fsp3) is 0.733. The third-order valence-corrected chi connectivity index (χ3v) is 4.03. The van der Waals surface area contributed by atoms with Crippen LogP contribution in [0.3, 0.4) is 0 Å². The summed E-state index contributed by atoms with van der Waals surface area (Å²) in [4.78, 5) is 22.8. The lowest BCUT2D eigenvalue weighted by molar-refractivity contribution is -0.142. The van der Waals surface area contributed by atoms with Crippen molar-refractivity contribution in [1.29, 1.82) is 0 Å². The van der Waals surface area contributed by atoms with Crippen molar-refractivity contribution in [3.05, 3.63) is 11.6 Å². The van der Waals surface area contributed by atoms with Gasteiger partial charge in [0.05, 0.1) is 27.1 Å². The molecule has 0 aromatic heterocycles. The third kappa shape index (κ3) is 4.37. The maximum Gasteiger partial charge on any atom is 0.309 e. The molecule has 0 aliphatic heterocycles. The second-order valence-corrected chi connectivity index (χ2v) is 5.73. The van der Waals surface area contributed by atoms with E-state index in [1.807, 2.05) is 6.08 Å². The van der Waals surface area contributed by atoms with E-state index in [0.717, 1.165) is 19.3 Å². The van der Waals surface area contributed by atoms with Crippen LogP contribution in [-0.2, 0) is 19.1 Å². The number of ether oxygens (including phenoxy) is 2. The summed E-state index contributed by atoms with van der Waals surface area (Å²) in [5, 5.41) is 0. The van der Waals surface area contributed by atoms with Gasteiger partial charge < -0.3 is 9.47 Å². The van der Waals surface area contributed by atoms with Crippen LogP contribution in [0, 0.1) is 11.3 Å². The van der Waals surface area contributed by atoms with Gasteiger partial charge in [-0.1, -0.05) is 25.5 Å². The van der Waals surface area contributed by atoms with Gasteiger partial charge in [-0.2, -0.15) is 0 Å². The minimum atomic E-state index is -0.243. The number of esters is 2. The molecule has 4 nitrogen and oxygen atoms in total. The van der Waals surface area contributed by atoms with Crippen LogP contribution in [-0.4, -0.2) is 26.2 Å².